The van der Waals surface area contributed by atoms with Gasteiger partial charge in [0.1, 0.15) is 5.60 Å². The van der Waals surface area contributed by atoms with Crippen LogP contribution in [-0.4, -0.2) is 17.3 Å². The molecule has 0 radical (unpaired) electrons. The maximum absolute atomic E-state index is 11.9. The molecule has 28 heavy (non-hydrogen) atoms. The normalized spacial score (nSPS) is 11.4. The zero-order valence-corrected chi connectivity index (χ0v) is 17.4. The third-order valence-electron chi connectivity index (χ3n) is 4.26. The highest BCUT2D eigenvalue weighted by molar-refractivity contribution is 8.00. The second-order valence-electron chi connectivity index (χ2n) is 7.70. The molecule has 3 aromatic rings. The summed E-state index contributed by atoms with van der Waals surface area (Å²) in [4.78, 5) is 13.0. The molecule has 0 saturated carbocycles. The highest BCUT2D eigenvalue weighted by Gasteiger charge is 2.18. The number of ether oxygens (including phenoxy) is 1. The molecule has 0 heterocycles. The van der Waals surface area contributed by atoms with Gasteiger partial charge < -0.3 is 4.74 Å². The average molecular weight is 391 g/mol. The Balaban J connectivity index is 1.77. The zero-order valence-electron chi connectivity index (χ0n) is 16.6. The van der Waals surface area contributed by atoms with Crippen LogP contribution in [0.15, 0.2) is 89.8 Å². The first kappa shape index (κ1) is 20.2. The molecule has 0 fully saturated rings. The van der Waals surface area contributed by atoms with Crippen molar-refractivity contribution >= 4 is 17.7 Å². The van der Waals surface area contributed by atoms with Gasteiger partial charge in [-0.2, -0.15) is 0 Å². The van der Waals surface area contributed by atoms with Crippen molar-refractivity contribution in [2.45, 2.75) is 37.2 Å². The Bertz CT molecular complexity index is 842. The number of rotatable bonds is 6. The van der Waals surface area contributed by atoms with E-state index in [9.17, 15) is 4.79 Å². The molecule has 3 aromatic carbocycles. The Morgan fingerprint density at radius 1 is 0.786 bits per heavy atom. The van der Waals surface area contributed by atoms with Crippen molar-refractivity contribution < 1.29 is 9.53 Å². The lowest BCUT2D eigenvalue weighted by Crippen LogP contribution is -2.24. The number of thioether (sulfide) groups is 1. The van der Waals surface area contributed by atoms with Gasteiger partial charge in [0, 0.05) is 10.8 Å². The maximum Gasteiger partial charge on any atom is 0.316 e. The molecule has 0 atom stereocenters. The maximum atomic E-state index is 11.9. The minimum absolute atomic E-state index is 0.187. The molecule has 0 unspecified atom stereocenters. The third kappa shape index (κ3) is 5.74. The topological polar surface area (TPSA) is 26.3 Å². The summed E-state index contributed by atoms with van der Waals surface area (Å²) in [6.45, 7) is 5.66. The molecular formula is C25H26O2S. The standard InChI is InChI=1S/C25H26O2S/c1-25(2,3)27-23(26)18-28-22-16-14-21(15-17-22)24(19-10-6-4-7-11-19)20-12-8-5-9-13-20/h4-17,24H,18H2,1-3H3. The fraction of sp³-hybridized carbons (Fsp3) is 0.240. The molecule has 3 heteroatoms. The largest absolute Gasteiger partial charge is 0.459 e. The molecule has 0 amide bonds. The van der Waals surface area contributed by atoms with Crippen LogP contribution in [0.2, 0.25) is 0 Å². The Morgan fingerprint density at radius 2 is 1.25 bits per heavy atom. The van der Waals surface area contributed by atoms with Crippen LogP contribution < -0.4 is 0 Å². The summed E-state index contributed by atoms with van der Waals surface area (Å²) in [5.74, 6) is 0.317. The molecule has 0 aliphatic heterocycles. The van der Waals surface area contributed by atoms with Crippen LogP contribution >= 0.6 is 11.8 Å². The smallest absolute Gasteiger partial charge is 0.316 e. The predicted molar refractivity (Wildman–Crippen MR) is 117 cm³/mol. The van der Waals surface area contributed by atoms with Crippen LogP contribution in [0.25, 0.3) is 0 Å². The monoisotopic (exact) mass is 390 g/mol. The van der Waals surface area contributed by atoms with E-state index in [0.717, 1.165) is 4.90 Å². The second kappa shape index (κ2) is 9.11. The van der Waals surface area contributed by atoms with Gasteiger partial charge in [-0.1, -0.05) is 72.8 Å². The van der Waals surface area contributed by atoms with Crippen LogP contribution in [0, 0.1) is 0 Å². The molecule has 0 bridgehead atoms. The van der Waals surface area contributed by atoms with Crippen molar-refractivity contribution in [2.75, 3.05) is 5.75 Å². The van der Waals surface area contributed by atoms with Crippen molar-refractivity contribution in [3.05, 3.63) is 102 Å². The van der Waals surface area contributed by atoms with Gasteiger partial charge in [-0.15, -0.1) is 11.8 Å². The van der Waals surface area contributed by atoms with Crippen molar-refractivity contribution in [2.24, 2.45) is 0 Å². The predicted octanol–water partition coefficient (Wildman–Crippen LogP) is 6.30. The van der Waals surface area contributed by atoms with Crippen LogP contribution in [0.5, 0.6) is 0 Å². The van der Waals surface area contributed by atoms with Crippen molar-refractivity contribution in [3.63, 3.8) is 0 Å². The minimum atomic E-state index is -0.444. The van der Waals surface area contributed by atoms with E-state index in [-0.39, 0.29) is 11.9 Å². The molecular weight excluding hydrogens is 364 g/mol. The van der Waals surface area contributed by atoms with Crippen LogP contribution in [0.4, 0.5) is 0 Å². The van der Waals surface area contributed by atoms with Gasteiger partial charge in [0.2, 0.25) is 0 Å². The molecule has 2 nitrogen and oxygen atoms in total. The van der Waals surface area contributed by atoms with Gasteiger partial charge in [0.15, 0.2) is 0 Å². The first-order valence-electron chi connectivity index (χ1n) is 9.47. The van der Waals surface area contributed by atoms with Gasteiger partial charge in [-0.05, 0) is 49.6 Å². The van der Waals surface area contributed by atoms with Crippen molar-refractivity contribution in [1.29, 1.82) is 0 Å². The quantitative estimate of drug-likeness (QED) is 0.281. The van der Waals surface area contributed by atoms with Crippen LogP contribution in [0.1, 0.15) is 43.4 Å². The number of hydrogen-bond acceptors (Lipinski definition) is 3. The Morgan fingerprint density at radius 3 is 1.71 bits per heavy atom. The SMILES string of the molecule is CC(C)(C)OC(=O)CSc1ccc(C(c2ccccc2)c2ccccc2)cc1. The van der Waals surface area contributed by atoms with Gasteiger partial charge >= 0.3 is 5.97 Å². The first-order chi connectivity index (χ1) is 13.4. The van der Waals surface area contributed by atoms with E-state index in [2.05, 4.69) is 72.8 Å². The van der Waals surface area contributed by atoms with E-state index in [4.69, 9.17) is 4.74 Å². The Kier molecular flexibility index (Phi) is 6.58. The van der Waals surface area contributed by atoms with Gasteiger partial charge in [0.05, 0.1) is 5.75 Å². The van der Waals surface area contributed by atoms with E-state index >= 15 is 0 Å². The first-order valence-corrected chi connectivity index (χ1v) is 10.5. The average Bonchev–Trinajstić information content (AvgIpc) is 2.68. The highest BCUT2D eigenvalue weighted by atomic mass is 32.2. The van der Waals surface area contributed by atoms with Gasteiger partial charge in [-0.25, -0.2) is 0 Å². The summed E-state index contributed by atoms with van der Waals surface area (Å²) < 4.78 is 5.38. The molecule has 0 spiro atoms. The summed E-state index contributed by atoms with van der Waals surface area (Å²) >= 11 is 1.51. The Hall–Kier alpha value is -2.52. The third-order valence-corrected chi connectivity index (χ3v) is 5.24. The van der Waals surface area contributed by atoms with E-state index in [0.29, 0.717) is 5.75 Å². The summed E-state index contributed by atoms with van der Waals surface area (Å²) in [5, 5.41) is 0. The summed E-state index contributed by atoms with van der Waals surface area (Å²) in [6.07, 6.45) is 0. The van der Waals surface area contributed by atoms with Crippen LogP contribution in [0.3, 0.4) is 0 Å². The van der Waals surface area contributed by atoms with Crippen LogP contribution in [-0.2, 0) is 9.53 Å². The fourth-order valence-corrected chi connectivity index (χ4v) is 3.81. The molecule has 3 rings (SSSR count). The lowest BCUT2D eigenvalue weighted by Gasteiger charge is -2.20. The molecule has 0 aromatic heterocycles. The molecule has 0 aliphatic carbocycles. The zero-order chi connectivity index (χ0) is 20.0. The van der Waals surface area contributed by atoms with E-state index < -0.39 is 5.60 Å². The van der Waals surface area contributed by atoms with Gasteiger partial charge in [0.25, 0.3) is 0 Å². The van der Waals surface area contributed by atoms with E-state index in [1.54, 1.807) is 0 Å². The van der Waals surface area contributed by atoms with E-state index in [1.165, 1.54) is 28.5 Å². The lowest BCUT2D eigenvalue weighted by atomic mass is 9.85. The highest BCUT2D eigenvalue weighted by Crippen LogP contribution is 2.33. The van der Waals surface area contributed by atoms with Crippen molar-refractivity contribution in [1.82, 2.24) is 0 Å². The summed E-state index contributed by atoms with van der Waals surface area (Å²) in [5.41, 5.74) is 3.32. The minimum Gasteiger partial charge on any atom is -0.459 e. The number of esters is 1. The van der Waals surface area contributed by atoms with Crippen molar-refractivity contribution in [3.8, 4) is 0 Å². The molecule has 0 aliphatic rings. The molecule has 0 N–H and O–H groups in total. The molecule has 0 saturated heterocycles. The number of hydrogen-bond donors (Lipinski definition) is 0. The molecule has 144 valence electrons. The Labute approximate surface area is 171 Å². The number of carbonyl (C=O) groups is 1. The van der Waals surface area contributed by atoms with E-state index in [1.807, 2.05) is 32.9 Å². The summed E-state index contributed by atoms with van der Waals surface area (Å²) in [6, 6.07) is 29.6. The number of benzene rings is 3. The second-order valence-corrected chi connectivity index (χ2v) is 8.75. The number of carbonyl (C=O) groups excluding carboxylic acids is 1. The lowest BCUT2D eigenvalue weighted by molar-refractivity contribution is -0.151. The fourth-order valence-electron chi connectivity index (χ4n) is 3.14. The summed E-state index contributed by atoms with van der Waals surface area (Å²) in [7, 11) is 0. The van der Waals surface area contributed by atoms with Gasteiger partial charge in [-0.3, -0.25) is 4.79 Å².